The fourth-order valence-corrected chi connectivity index (χ4v) is 3.07. The third-order valence-corrected chi connectivity index (χ3v) is 4.44. The highest BCUT2D eigenvalue weighted by atomic mass is 35.5. The number of thioether (sulfide) groups is 1. The lowest BCUT2D eigenvalue weighted by atomic mass is 10.1. The van der Waals surface area contributed by atoms with Crippen molar-refractivity contribution in [2.75, 3.05) is 6.26 Å². The van der Waals surface area contributed by atoms with Crippen LogP contribution in [-0.4, -0.2) is 25.8 Å². The van der Waals surface area contributed by atoms with E-state index in [4.69, 9.17) is 11.6 Å². The first kappa shape index (κ1) is 15.2. The van der Waals surface area contributed by atoms with E-state index in [0.29, 0.717) is 16.0 Å². The topological polar surface area (TPSA) is 43.1 Å². The third-order valence-electron chi connectivity index (χ3n) is 3.67. The summed E-state index contributed by atoms with van der Waals surface area (Å²) < 4.78 is 1.77. The number of benzene rings is 2. The molecule has 0 fully saturated rings. The minimum absolute atomic E-state index is 0.579. The molecule has 4 rings (SSSR count). The van der Waals surface area contributed by atoms with E-state index in [9.17, 15) is 0 Å². The molecule has 4 aromatic rings. The highest BCUT2D eigenvalue weighted by molar-refractivity contribution is 7.98. The van der Waals surface area contributed by atoms with Gasteiger partial charge in [0.05, 0.1) is 11.4 Å². The molecular formula is C18H13ClN4S. The molecule has 0 atom stereocenters. The second-order valence-electron chi connectivity index (χ2n) is 5.21. The molecule has 6 heteroatoms. The number of fused-ring (bicyclic) bond motifs is 1. The molecule has 0 saturated carbocycles. The quantitative estimate of drug-likeness (QED) is 0.495. The molecule has 0 saturated heterocycles. The van der Waals surface area contributed by atoms with Gasteiger partial charge in [0.2, 0.25) is 5.16 Å². The van der Waals surface area contributed by atoms with E-state index in [1.165, 1.54) is 11.8 Å². The van der Waals surface area contributed by atoms with Crippen molar-refractivity contribution in [2.24, 2.45) is 0 Å². The van der Waals surface area contributed by atoms with Gasteiger partial charge < -0.3 is 0 Å². The van der Waals surface area contributed by atoms with E-state index in [1.54, 1.807) is 4.52 Å². The van der Waals surface area contributed by atoms with E-state index >= 15 is 0 Å². The highest BCUT2D eigenvalue weighted by Crippen LogP contribution is 2.28. The van der Waals surface area contributed by atoms with Crippen molar-refractivity contribution < 1.29 is 0 Å². The largest absolute Gasteiger partial charge is 0.254 e. The molecule has 0 radical (unpaired) electrons. The zero-order valence-electron chi connectivity index (χ0n) is 12.8. The van der Waals surface area contributed by atoms with Crippen LogP contribution in [0, 0.1) is 0 Å². The third kappa shape index (κ3) is 2.77. The predicted molar refractivity (Wildman–Crippen MR) is 98.4 cm³/mol. The maximum atomic E-state index is 6.17. The van der Waals surface area contributed by atoms with Crippen LogP contribution in [0.5, 0.6) is 0 Å². The molecule has 0 bridgehead atoms. The molecule has 0 amide bonds. The van der Waals surface area contributed by atoms with Gasteiger partial charge in [-0.3, -0.25) is 0 Å². The van der Waals surface area contributed by atoms with Gasteiger partial charge in [-0.2, -0.15) is 9.50 Å². The average Bonchev–Trinajstić information content (AvgIpc) is 3.05. The smallest absolute Gasteiger partial charge is 0.211 e. The fourth-order valence-electron chi connectivity index (χ4n) is 2.55. The molecular weight excluding hydrogens is 340 g/mol. The van der Waals surface area contributed by atoms with Crippen molar-refractivity contribution in [3.05, 3.63) is 65.7 Å². The van der Waals surface area contributed by atoms with Crippen LogP contribution in [0.4, 0.5) is 0 Å². The lowest BCUT2D eigenvalue weighted by Gasteiger charge is -2.08. The Morgan fingerprint density at radius 1 is 0.917 bits per heavy atom. The molecule has 2 heterocycles. The monoisotopic (exact) mass is 352 g/mol. The van der Waals surface area contributed by atoms with Crippen molar-refractivity contribution in [1.29, 1.82) is 0 Å². The lowest BCUT2D eigenvalue weighted by Crippen LogP contribution is -1.98. The fraction of sp³-hybridized carbons (Fsp3) is 0.0556. The van der Waals surface area contributed by atoms with Crippen LogP contribution >= 0.6 is 23.4 Å². The predicted octanol–water partition coefficient (Wildman–Crippen LogP) is 4.83. The second-order valence-corrected chi connectivity index (χ2v) is 6.42. The Hall–Kier alpha value is -2.37. The van der Waals surface area contributed by atoms with E-state index in [2.05, 4.69) is 15.1 Å². The summed E-state index contributed by atoms with van der Waals surface area (Å²) in [4.78, 5) is 9.16. The number of aromatic nitrogens is 4. The van der Waals surface area contributed by atoms with Crippen molar-refractivity contribution in [1.82, 2.24) is 19.6 Å². The van der Waals surface area contributed by atoms with Crippen LogP contribution in [0.15, 0.2) is 65.8 Å². The number of rotatable bonds is 3. The molecule has 2 aromatic carbocycles. The zero-order valence-corrected chi connectivity index (χ0v) is 14.4. The van der Waals surface area contributed by atoms with Gasteiger partial charge in [0.25, 0.3) is 5.78 Å². The number of hydrogen-bond donors (Lipinski definition) is 0. The van der Waals surface area contributed by atoms with Crippen LogP contribution in [0.25, 0.3) is 28.3 Å². The van der Waals surface area contributed by atoms with Crippen LogP contribution in [0.2, 0.25) is 5.02 Å². The van der Waals surface area contributed by atoms with Crippen molar-refractivity contribution in [2.45, 2.75) is 5.16 Å². The second kappa shape index (κ2) is 6.26. The minimum Gasteiger partial charge on any atom is -0.211 e. The Kier molecular flexibility index (Phi) is 3.96. The van der Waals surface area contributed by atoms with Gasteiger partial charge in [0, 0.05) is 16.1 Å². The summed E-state index contributed by atoms with van der Waals surface area (Å²) in [5.41, 5.74) is 3.79. The van der Waals surface area contributed by atoms with Gasteiger partial charge >= 0.3 is 0 Å². The highest BCUT2D eigenvalue weighted by Gasteiger charge is 2.13. The zero-order chi connectivity index (χ0) is 16.5. The molecule has 118 valence electrons. The van der Waals surface area contributed by atoms with E-state index in [0.717, 1.165) is 22.5 Å². The molecule has 0 aliphatic heterocycles. The Labute approximate surface area is 148 Å². The maximum absolute atomic E-state index is 6.17. The Morgan fingerprint density at radius 3 is 2.46 bits per heavy atom. The van der Waals surface area contributed by atoms with Gasteiger partial charge in [-0.15, -0.1) is 5.10 Å². The molecule has 0 N–H and O–H groups in total. The van der Waals surface area contributed by atoms with Crippen LogP contribution in [0.1, 0.15) is 0 Å². The van der Waals surface area contributed by atoms with Crippen molar-refractivity contribution >= 4 is 29.1 Å². The summed E-state index contributed by atoms with van der Waals surface area (Å²) >= 11 is 7.66. The standard InChI is InChI=1S/C18H13ClN4S/c1-24-18-21-17-20-15(12-6-3-2-4-7-12)11-16(23(17)22-18)13-8-5-9-14(19)10-13/h2-11H,1H3. The van der Waals surface area contributed by atoms with E-state index < -0.39 is 0 Å². The van der Waals surface area contributed by atoms with Gasteiger partial charge in [0.15, 0.2) is 0 Å². The van der Waals surface area contributed by atoms with Crippen molar-refractivity contribution in [3.8, 4) is 22.5 Å². The average molecular weight is 353 g/mol. The first-order valence-electron chi connectivity index (χ1n) is 7.38. The van der Waals surface area contributed by atoms with Gasteiger partial charge in [-0.05, 0) is 24.5 Å². The molecule has 2 aromatic heterocycles. The van der Waals surface area contributed by atoms with E-state index in [1.807, 2.05) is 66.9 Å². The molecule has 0 spiro atoms. The molecule has 4 nitrogen and oxygen atoms in total. The Balaban J connectivity index is 2.00. The molecule has 0 unspecified atom stereocenters. The Morgan fingerprint density at radius 2 is 1.71 bits per heavy atom. The normalized spacial score (nSPS) is 11.1. The first-order chi connectivity index (χ1) is 11.7. The van der Waals surface area contributed by atoms with E-state index in [-0.39, 0.29) is 0 Å². The Bertz CT molecular complexity index is 1010. The number of halogens is 1. The first-order valence-corrected chi connectivity index (χ1v) is 8.98. The summed E-state index contributed by atoms with van der Waals surface area (Å²) in [6, 6.07) is 19.8. The molecule has 24 heavy (non-hydrogen) atoms. The molecule has 0 aliphatic carbocycles. The van der Waals surface area contributed by atoms with Crippen LogP contribution in [-0.2, 0) is 0 Å². The summed E-state index contributed by atoms with van der Waals surface area (Å²) in [5, 5.41) is 5.91. The summed E-state index contributed by atoms with van der Waals surface area (Å²) in [6.45, 7) is 0. The van der Waals surface area contributed by atoms with Crippen LogP contribution < -0.4 is 0 Å². The maximum Gasteiger partial charge on any atom is 0.254 e. The number of hydrogen-bond acceptors (Lipinski definition) is 4. The summed E-state index contributed by atoms with van der Waals surface area (Å²) in [7, 11) is 0. The van der Waals surface area contributed by atoms with Gasteiger partial charge in [0.1, 0.15) is 0 Å². The SMILES string of the molecule is CSc1nc2nc(-c3ccccc3)cc(-c3cccc(Cl)c3)n2n1. The number of nitrogens with zero attached hydrogens (tertiary/aromatic N) is 4. The van der Waals surface area contributed by atoms with Gasteiger partial charge in [-0.25, -0.2) is 4.98 Å². The van der Waals surface area contributed by atoms with Crippen molar-refractivity contribution in [3.63, 3.8) is 0 Å². The van der Waals surface area contributed by atoms with Crippen LogP contribution in [0.3, 0.4) is 0 Å². The van der Waals surface area contributed by atoms with Gasteiger partial charge in [-0.1, -0.05) is 65.8 Å². The molecule has 0 aliphatic rings. The lowest BCUT2D eigenvalue weighted by molar-refractivity contribution is 0.888. The summed E-state index contributed by atoms with van der Waals surface area (Å²) in [5.74, 6) is 0.579. The summed E-state index contributed by atoms with van der Waals surface area (Å²) in [6.07, 6.45) is 1.95. The minimum atomic E-state index is 0.579.